The summed E-state index contributed by atoms with van der Waals surface area (Å²) in [7, 11) is 0. The van der Waals surface area contributed by atoms with Crippen molar-refractivity contribution in [2.24, 2.45) is 5.73 Å². The lowest BCUT2D eigenvalue weighted by Gasteiger charge is -2.19. The predicted octanol–water partition coefficient (Wildman–Crippen LogP) is 3.32. The van der Waals surface area contributed by atoms with Gasteiger partial charge in [0.2, 0.25) is 0 Å². The molecule has 0 aliphatic carbocycles. The van der Waals surface area contributed by atoms with Crippen molar-refractivity contribution >= 4 is 15.9 Å². The molecule has 2 nitrogen and oxygen atoms in total. The Hall–Kier alpha value is -1.32. The lowest BCUT2D eigenvalue weighted by atomic mass is 9.99. The molecule has 2 aromatic rings. The summed E-state index contributed by atoms with van der Waals surface area (Å²) in [6.07, 6.45) is 1.82. The van der Waals surface area contributed by atoms with Crippen LogP contribution in [0.15, 0.2) is 53.0 Å². The van der Waals surface area contributed by atoms with Crippen molar-refractivity contribution in [2.75, 3.05) is 0 Å². The fraction of sp³-hybridized carbons (Fsp3) is 0.250. The molecule has 2 atom stereocenters. The molecule has 2 N–H and O–H groups in total. The Morgan fingerprint density at radius 3 is 2.84 bits per heavy atom. The van der Waals surface area contributed by atoms with E-state index in [2.05, 4.69) is 34.1 Å². The van der Waals surface area contributed by atoms with Gasteiger partial charge in [-0.1, -0.05) is 46.3 Å². The van der Waals surface area contributed by atoms with Crippen molar-refractivity contribution in [1.29, 1.82) is 0 Å². The lowest BCUT2D eigenvalue weighted by Crippen LogP contribution is -2.39. The minimum atomic E-state index is 0.0155. The van der Waals surface area contributed by atoms with Crippen LogP contribution in [-0.2, 0) is 12.8 Å². The number of rotatable bonds is 3. The number of hydrogen-bond donors (Lipinski definition) is 1. The molecule has 0 aromatic heterocycles. The fourth-order valence-corrected chi connectivity index (χ4v) is 2.96. The van der Waals surface area contributed by atoms with E-state index in [1.54, 1.807) is 0 Å². The molecule has 1 aliphatic rings. The highest BCUT2D eigenvalue weighted by Gasteiger charge is 2.27. The van der Waals surface area contributed by atoms with E-state index in [1.165, 1.54) is 11.1 Å². The summed E-state index contributed by atoms with van der Waals surface area (Å²) >= 11 is 3.49. The molecule has 3 heteroatoms. The molecule has 2 unspecified atom stereocenters. The minimum Gasteiger partial charge on any atom is -0.488 e. The Kier molecular flexibility index (Phi) is 3.58. The standard InChI is InChI=1S/C16H16BrNO/c17-13-6-3-4-11(8-13)9-14(18)16-10-12-5-1-2-7-15(12)19-16/h1-8,14,16H,9-10,18H2. The van der Waals surface area contributed by atoms with Gasteiger partial charge in [0.25, 0.3) is 0 Å². The summed E-state index contributed by atoms with van der Waals surface area (Å²) in [5, 5.41) is 0. The zero-order chi connectivity index (χ0) is 13.2. The van der Waals surface area contributed by atoms with Crippen LogP contribution in [0.25, 0.3) is 0 Å². The van der Waals surface area contributed by atoms with E-state index in [9.17, 15) is 0 Å². The van der Waals surface area contributed by atoms with E-state index in [1.807, 2.05) is 30.3 Å². The van der Waals surface area contributed by atoms with Crippen molar-refractivity contribution in [1.82, 2.24) is 0 Å². The van der Waals surface area contributed by atoms with Crippen LogP contribution in [0.4, 0.5) is 0 Å². The molecule has 0 fully saturated rings. The Labute approximate surface area is 121 Å². The maximum atomic E-state index is 6.30. The van der Waals surface area contributed by atoms with Gasteiger partial charge in [-0.05, 0) is 35.7 Å². The van der Waals surface area contributed by atoms with Crippen LogP contribution in [0.2, 0.25) is 0 Å². The summed E-state index contributed by atoms with van der Waals surface area (Å²) in [5.41, 5.74) is 8.80. The van der Waals surface area contributed by atoms with E-state index in [0.29, 0.717) is 0 Å². The van der Waals surface area contributed by atoms with Gasteiger partial charge in [0.15, 0.2) is 0 Å². The number of nitrogens with two attached hydrogens (primary N) is 1. The number of ether oxygens (including phenoxy) is 1. The summed E-state index contributed by atoms with van der Waals surface area (Å²) in [5.74, 6) is 0.984. The third-order valence-corrected chi connectivity index (χ3v) is 4.00. The van der Waals surface area contributed by atoms with Crippen LogP contribution in [0, 0.1) is 0 Å². The second-order valence-corrected chi connectivity index (χ2v) is 5.88. The molecule has 0 bridgehead atoms. The first-order chi connectivity index (χ1) is 9.22. The van der Waals surface area contributed by atoms with Gasteiger partial charge in [-0.3, -0.25) is 0 Å². The Morgan fingerprint density at radius 1 is 1.21 bits per heavy atom. The number of para-hydroxylation sites is 1. The summed E-state index contributed by atoms with van der Waals surface area (Å²) in [6.45, 7) is 0. The topological polar surface area (TPSA) is 35.2 Å². The van der Waals surface area contributed by atoms with E-state index in [4.69, 9.17) is 10.5 Å². The van der Waals surface area contributed by atoms with Gasteiger partial charge in [-0.15, -0.1) is 0 Å². The average molecular weight is 318 g/mol. The summed E-state index contributed by atoms with van der Waals surface area (Å²) in [4.78, 5) is 0. The van der Waals surface area contributed by atoms with E-state index in [0.717, 1.165) is 23.1 Å². The Bertz CT molecular complexity index is 559. The predicted molar refractivity (Wildman–Crippen MR) is 80.4 cm³/mol. The van der Waals surface area contributed by atoms with Crippen LogP contribution in [0.3, 0.4) is 0 Å². The summed E-state index contributed by atoms with van der Waals surface area (Å²) in [6, 6.07) is 16.5. The molecule has 0 amide bonds. The van der Waals surface area contributed by atoms with Crippen LogP contribution in [0.1, 0.15) is 11.1 Å². The first-order valence-corrected chi connectivity index (χ1v) is 7.26. The van der Waals surface area contributed by atoms with Crippen LogP contribution < -0.4 is 10.5 Å². The Balaban J connectivity index is 1.68. The number of halogens is 1. The van der Waals surface area contributed by atoms with E-state index < -0.39 is 0 Å². The van der Waals surface area contributed by atoms with Crippen molar-refractivity contribution in [2.45, 2.75) is 25.0 Å². The maximum absolute atomic E-state index is 6.30. The lowest BCUT2D eigenvalue weighted by molar-refractivity contribution is 0.198. The normalized spacial score (nSPS) is 18.7. The Morgan fingerprint density at radius 2 is 2.05 bits per heavy atom. The smallest absolute Gasteiger partial charge is 0.123 e. The number of fused-ring (bicyclic) bond motifs is 1. The molecule has 98 valence electrons. The molecular weight excluding hydrogens is 302 g/mol. The van der Waals surface area contributed by atoms with Crippen molar-refractivity contribution in [3.05, 3.63) is 64.1 Å². The van der Waals surface area contributed by atoms with E-state index >= 15 is 0 Å². The maximum Gasteiger partial charge on any atom is 0.123 e. The minimum absolute atomic E-state index is 0.0155. The highest BCUT2D eigenvalue weighted by Crippen LogP contribution is 2.29. The molecule has 0 saturated carbocycles. The van der Waals surface area contributed by atoms with Gasteiger partial charge in [-0.25, -0.2) is 0 Å². The van der Waals surface area contributed by atoms with Gasteiger partial charge in [-0.2, -0.15) is 0 Å². The zero-order valence-corrected chi connectivity index (χ0v) is 12.1. The second-order valence-electron chi connectivity index (χ2n) is 4.97. The molecular formula is C16H16BrNO. The molecule has 0 radical (unpaired) electrons. The van der Waals surface area contributed by atoms with Crippen LogP contribution in [0.5, 0.6) is 5.75 Å². The highest BCUT2D eigenvalue weighted by atomic mass is 79.9. The first kappa shape index (κ1) is 12.7. The van der Waals surface area contributed by atoms with Crippen molar-refractivity contribution in [3.63, 3.8) is 0 Å². The molecule has 2 aromatic carbocycles. The summed E-state index contributed by atoms with van der Waals surface area (Å²) < 4.78 is 7.03. The van der Waals surface area contributed by atoms with Gasteiger partial charge in [0.1, 0.15) is 11.9 Å². The van der Waals surface area contributed by atoms with Crippen LogP contribution in [-0.4, -0.2) is 12.1 Å². The van der Waals surface area contributed by atoms with Gasteiger partial charge in [0.05, 0.1) is 0 Å². The first-order valence-electron chi connectivity index (χ1n) is 6.47. The molecule has 19 heavy (non-hydrogen) atoms. The molecule has 0 saturated heterocycles. The fourth-order valence-electron chi connectivity index (χ4n) is 2.52. The number of benzene rings is 2. The van der Waals surface area contributed by atoms with Gasteiger partial charge in [0, 0.05) is 16.9 Å². The largest absolute Gasteiger partial charge is 0.488 e. The third kappa shape index (κ3) is 2.82. The van der Waals surface area contributed by atoms with Crippen molar-refractivity contribution < 1.29 is 4.74 Å². The number of hydrogen-bond acceptors (Lipinski definition) is 2. The second kappa shape index (κ2) is 5.35. The molecule has 3 rings (SSSR count). The average Bonchev–Trinajstić information content (AvgIpc) is 2.82. The quantitative estimate of drug-likeness (QED) is 0.942. The molecule has 0 spiro atoms. The van der Waals surface area contributed by atoms with Crippen LogP contribution >= 0.6 is 15.9 Å². The van der Waals surface area contributed by atoms with Crippen molar-refractivity contribution in [3.8, 4) is 5.75 Å². The highest BCUT2D eigenvalue weighted by molar-refractivity contribution is 9.10. The third-order valence-electron chi connectivity index (χ3n) is 3.51. The van der Waals surface area contributed by atoms with Gasteiger partial charge < -0.3 is 10.5 Å². The molecule has 1 heterocycles. The SMILES string of the molecule is NC(Cc1cccc(Br)c1)C1Cc2ccccc2O1. The van der Waals surface area contributed by atoms with Gasteiger partial charge >= 0.3 is 0 Å². The monoisotopic (exact) mass is 317 g/mol. The zero-order valence-electron chi connectivity index (χ0n) is 10.6. The van der Waals surface area contributed by atoms with E-state index in [-0.39, 0.29) is 12.1 Å². The molecule has 1 aliphatic heterocycles.